The molecule has 14 nitrogen and oxygen atoms in total. The molecule has 19 heteroatoms. The quantitative estimate of drug-likeness (QED) is 0.0413. The van der Waals surface area contributed by atoms with Crippen LogP contribution in [-0.2, 0) is 41.5 Å². The van der Waals surface area contributed by atoms with Crippen LogP contribution in [0.25, 0.3) is 0 Å². The molecule has 3 aromatic rings. The molecule has 2 atom stereocenters. The fourth-order valence-electron chi connectivity index (χ4n) is 5.44. The number of esters is 3. The highest BCUT2D eigenvalue weighted by Crippen LogP contribution is 2.39. The molecule has 2 aromatic carbocycles. The number of nitrogens with zero attached hydrogens (tertiary/aromatic N) is 2. The molecule has 0 spiro atoms. The van der Waals surface area contributed by atoms with E-state index in [1.165, 1.54) is 50.2 Å². The van der Waals surface area contributed by atoms with Crippen molar-refractivity contribution >= 4 is 58.1 Å². The maximum absolute atomic E-state index is 13.9. The first-order valence-electron chi connectivity index (χ1n) is 18.3. The standard InChI is InChI=1S/C39H44Cl2F2N2O12S/c1-38(2,3)56-34(46)19-45(58(50)51)29-12-10-25(15-32(29)52-20-22-6-7-22)35(47)57-39(4,5)36(48)54-31(16-26-27(40)17-44(49)18-28(26)41)24-11-13-30(55-37(42)43)33(14-24)53-21-23-8-9-23/h10-15,17-18,22-23,31,37H,6-9,16,19-21H2,1-5H3,(H,50,51)/t31-/m0/s1. The van der Waals surface area contributed by atoms with Gasteiger partial charge in [-0.2, -0.15) is 13.5 Å². The largest absolute Gasteiger partial charge is 0.619 e. The van der Waals surface area contributed by atoms with Crippen molar-refractivity contribution in [1.82, 2.24) is 0 Å². The number of benzene rings is 2. The highest BCUT2D eigenvalue weighted by molar-refractivity contribution is 7.80. The summed E-state index contributed by atoms with van der Waals surface area (Å²) < 4.78 is 83.8. The summed E-state index contributed by atoms with van der Waals surface area (Å²) in [6.45, 7) is 4.23. The van der Waals surface area contributed by atoms with Crippen molar-refractivity contribution in [3.63, 3.8) is 0 Å². The summed E-state index contributed by atoms with van der Waals surface area (Å²) in [4.78, 5) is 40.2. The molecule has 2 saturated carbocycles. The van der Waals surface area contributed by atoms with Gasteiger partial charge in [0, 0.05) is 12.0 Å². The minimum absolute atomic E-state index is 0.00255. The first-order valence-corrected chi connectivity index (χ1v) is 20.1. The van der Waals surface area contributed by atoms with Gasteiger partial charge in [-0.25, -0.2) is 13.8 Å². The van der Waals surface area contributed by atoms with E-state index in [9.17, 15) is 37.1 Å². The van der Waals surface area contributed by atoms with Gasteiger partial charge < -0.3 is 33.6 Å². The molecule has 316 valence electrons. The molecular formula is C39H44Cl2F2N2O12S. The molecule has 2 aliphatic rings. The Morgan fingerprint density at radius 3 is 2.07 bits per heavy atom. The molecule has 2 aliphatic carbocycles. The number of hydrogen-bond acceptors (Lipinski definition) is 11. The Hall–Kier alpha value is -4.45. The fourth-order valence-corrected chi connectivity index (χ4v) is 6.57. The molecule has 2 fully saturated rings. The summed E-state index contributed by atoms with van der Waals surface area (Å²) in [5, 5.41) is 11.9. The molecule has 0 radical (unpaired) electrons. The summed E-state index contributed by atoms with van der Waals surface area (Å²) in [5.74, 6) is -2.60. The molecule has 1 heterocycles. The topological polar surface area (TPSA) is 174 Å². The molecule has 1 aromatic heterocycles. The van der Waals surface area contributed by atoms with Crippen LogP contribution in [0.4, 0.5) is 14.5 Å². The third kappa shape index (κ3) is 12.8. The Kier molecular flexibility index (Phi) is 14.4. The van der Waals surface area contributed by atoms with Gasteiger partial charge in [-0.15, -0.1) is 0 Å². The summed E-state index contributed by atoms with van der Waals surface area (Å²) >= 11 is 10.1. The summed E-state index contributed by atoms with van der Waals surface area (Å²) in [5.41, 5.74) is -2.44. The van der Waals surface area contributed by atoms with Crippen molar-refractivity contribution in [3.8, 4) is 17.2 Å². The van der Waals surface area contributed by atoms with Crippen LogP contribution in [0.5, 0.6) is 17.2 Å². The number of alkyl halides is 2. The van der Waals surface area contributed by atoms with Crippen LogP contribution < -0.4 is 23.2 Å². The Labute approximate surface area is 346 Å². The second kappa shape index (κ2) is 18.6. The lowest BCUT2D eigenvalue weighted by Crippen LogP contribution is -2.39. The van der Waals surface area contributed by atoms with Crippen molar-refractivity contribution in [2.24, 2.45) is 11.8 Å². The van der Waals surface area contributed by atoms with Gasteiger partial charge in [-0.05, 0) is 108 Å². The van der Waals surface area contributed by atoms with Crippen LogP contribution >= 0.6 is 23.2 Å². The predicted molar refractivity (Wildman–Crippen MR) is 207 cm³/mol. The normalized spacial score (nSPS) is 15.3. The van der Waals surface area contributed by atoms with Gasteiger partial charge in [0.05, 0.1) is 24.5 Å². The Morgan fingerprint density at radius 2 is 1.52 bits per heavy atom. The van der Waals surface area contributed by atoms with Crippen LogP contribution in [-0.4, -0.2) is 64.2 Å². The first-order chi connectivity index (χ1) is 27.2. The van der Waals surface area contributed by atoms with Crippen molar-refractivity contribution in [1.29, 1.82) is 0 Å². The van der Waals surface area contributed by atoms with Crippen LogP contribution in [0.1, 0.15) is 87.9 Å². The van der Waals surface area contributed by atoms with Crippen molar-refractivity contribution in [2.45, 2.75) is 90.6 Å². The predicted octanol–water partition coefficient (Wildman–Crippen LogP) is 7.55. The van der Waals surface area contributed by atoms with Crippen molar-refractivity contribution < 1.29 is 65.1 Å². The molecule has 1 unspecified atom stereocenters. The SMILES string of the molecule is CC(C)(C)OC(=O)CN(c1ccc(C(=O)OC(C)(C)C(=O)O[C@@H](Cc2c(Cl)c[n+]([O-])cc2Cl)c2ccc(OC(F)F)c(OCC3CC3)c2)cc1OCC1CC1)S(=O)O. The molecule has 0 bridgehead atoms. The number of rotatable bonds is 19. The molecule has 0 aliphatic heterocycles. The maximum Gasteiger partial charge on any atom is 0.387 e. The van der Waals surface area contributed by atoms with E-state index in [2.05, 4.69) is 4.74 Å². The highest BCUT2D eigenvalue weighted by atomic mass is 35.5. The monoisotopic (exact) mass is 872 g/mol. The van der Waals surface area contributed by atoms with E-state index in [4.69, 9.17) is 46.9 Å². The van der Waals surface area contributed by atoms with Gasteiger partial charge in [0.25, 0.3) is 11.3 Å². The lowest BCUT2D eigenvalue weighted by Gasteiger charge is -2.28. The highest BCUT2D eigenvalue weighted by Gasteiger charge is 2.38. The van der Waals surface area contributed by atoms with Crippen LogP contribution in [0.2, 0.25) is 10.0 Å². The van der Waals surface area contributed by atoms with E-state index in [-0.39, 0.29) is 81.1 Å². The number of halogens is 4. The lowest BCUT2D eigenvalue weighted by molar-refractivity contribution is -0.605. The number of ether oxygens (including phenoxy) is 6. The van der Waals surface area contributed by atoms with Gasteiger partial charge >= 0.3 is 24.5 Å². The number of carbonyl (C=O) groups excluding carboxylic acids is 3. The molecule has 1 N–H and O–H groups in total. The molecule has 5 rings (SSSR count). The van der Waals surface area contributed by atoms with Crippen molar-refractivity contribution in [2.75, 3.05) is 24.1 Å². The minimum atomic E-state index is -3.15. The van der Waals surface area contributed by atoms with E-state index < -0.39 is 59.6 Å². The van der Waals surface area contributed by atoms with Crippen molar-refractivity contribution in [3.05, 3.63) is 80.7 Å². The van der Waals surface area contributed by atoms with Crippen LogP contribution in [0, 0.1) is 17.0 Å². The van der Waals surface area contributed by atoms with E-state index in [0.29, 0.717) is 4.73 Å². The van der Waals surface area contributed by atoms with E-state index in [1.807, 2.05) is 0 Å². The zero-order valence-corrected chi connectivity index (χ0v) is 34.7. The second-order valence-electron chi connectivity index (χ2n) is 15.4. The minimum Gasteiger partial charge on any atom is -0.619 e. The average Bonchev–Trinajstić information content (AvgIpc) is 4.05. The molecule has 58 heavy (non-hydrogen) atoms. The van der Waals surface area contributed by atoms with Crippen LogP contribution in [0.3, 0.4) is 0 Å². The van der Waals surface area contributed by atoms with Gasteiger partial charge in [0.2, 0.25) is 5.60 Å². The lowest BCUT2D eigenvalue weighted by atomic mass is 10.0. The number of aromatic nitrogens is 1. The number of carbonyl (C=O) groups is 3. The van der Waals surface area contributed by atoms with Gasteiger partial charge in [-0.3, -0.25) is 13.7 Å². The van der Waals surface area contributed by atoms with Crippen LogP contribution in [0.15, 0.2) is 48.8 Å². The zero-order valence-electron chi connectivity index (χ0n) is 32.3. The zero-order chi connectivity index (χ0) is 42.5. The Balaban J connectivity index is 1.41. The number of pyridine rings is 1. The third-order valence-electron chi connectivity index (χ3n) is 8.78. The molecule has 0 saturated heterocycles. The molecular weight excluding hydrogens is 829 g/mol. The number of hydrogen-bond donors (Lipinski definition) is 1. The van der Waals surface area contributed by atoms with E-state index in [1.54, 1.807) is 20.8 Å². The van der Waals surface area contributed by atoms with Gasteiger partial charge in [0.15, 0.2) is 23.9 Å². The van der Waals surface area contributed by atoms with Gasteiger partial charge in [0.1, 0.15) is 34.0 Å². The number of anilines is 1. The Bertz CT molecular complexity index is 2000. The second-order valence-corrected chi connectivity index (χ2v) is 17.1. The van der Waals surface area contributed by atoms with E-state index >= 15 is 0 Å². The average molecular weight is 874 g/mol. The Morgan fingerprint density at radius 1 is 0.914 bits per heavy atom. The summed E-state index contributed by atoms with van der Waals surface area (Å²) in [7, 11) is 0. The first kappa shape index (κ1) is 44.6. The fraction of sp³-hybridized carbons (Fsp3) is 0.487. The third-order valence-corrected chi connectivity index (χ3v) is 10.1. The smallest absolute Gasteiger partial charge is 0.387 e. The molecule has 0 amide bonds. The summed E-state index contributed by atoms with van der Waals surface area (Å²) in [6, 6.07) is 7.85. The maximum atomic E-state index is 13.9. The summed E-state index contributed by atoms with van der Waals surface area (Å²) in [6.07, 6.45) is 4.30. The van der Waals surface area contributed by atoms with E-state index in [0.717, 1.165) is 42.4 Å². The van der Waals surface area contributed by atoms with Gasteiger partial charge in [-0.1, -0.05) is 29.3 Å².